The van der Waals surface area contributed by atoms with Gasteiger partial charge in [-0.2, -0.15) is 0 Å². The monoisotopic (exact) mass is 441 g/mol. The third kappa shape index (κ3) is 4.90. The summed E-state index contributed by atoms with van der Waals surface area (Å²) in [6, 6.07) is 12.8. The first-order valence-corrected chi connectivity index (χ1v) is 11.3. The normalized spacial score (nSPS) is 18.9. The number of anilines is 2. The summed E-state index contributed by atoms with van der Waals surface area (Å²) in [5.74, 6) is -1.51. The molecule has 31 heavy (non-hydrogen) atoms. The molecule has 0 saturated carbocycles. The number of nitrogens with one attached hydrogen (secondary N) is 1. The molecule has 4 rings (SSSR count). The third-order valence-corrected chi connectivity index (χ3v) is 6.68. The molecule has 1 N–H and O–H groups in total. The molecule has 2 aromatic rings. The predicted octanol–water partition coefficient (Wildman–Crippen LogP) is 3.67. The number of thioether (sulfide) groups is 1. The molecular weight excluding hydrogens is 417 g/mol. The maximum atomic E-state index is 13.4. The van der Waals surface area contributed by atoms with Gasteiger partial charge in [0, 0.05) is 23.7 Å². The summed E-state index contributed by atoms with van der Waals surface area (Å²) < 4.78 is 13.4. The Hall–Kier alpha value is -2.87. The van der Waals surface area contributed by atoms with E-state index < -0.39 is 22.9 Å². The molecule has 0 aliphatic carbocycles. The van der Waals surface area contributed by atoms with E-state index in [2.05, 4.69) is 5.32 Å². The Kier molecular flexibility index (Phi) is 6.56. The van der Waals surface area contributed by atoms with Gasteiger partial charge in [-0.3, -0.25) is 14.4 Å². The minimum atomic E-state index is -0.907. The topological polar surface area (TPSA) is 69.7 Å². The molecular formula is C23H24FN3O3S. The standard InChI is InChI=1S/C23H24FN3O3S/c24-16-8-7-9-17(14-16)25-20(28)15-27-18-10-3-4-11-19(18)31-21(23(27)30)22(29)26-12-5-1-2-6-13-26/h3-4,7-11,14,21H,1-2,5-6,12-13,15H2,(H,25,28)/t21-/m0/s1. The molecule has 3 amide bonds. The number of carbonyl (C=O) groups is 3. The van der Waals surface area contributed by atoms with E-state index in [0.717, 1.165) is 30.6 Å². The Balaban J connectivity index is 1.54. The average Bonchev–Trinajstić information content (AvgIpc) is 3.05. The Morgan fingerprint density at radius 3 is 2.52 bits per heavy atom. The third-order valence-electron chi connectivity index (χ3n) is 5.44. The number of likely N-dealkylation sites (tertiary alicyclic amines) is 1. The molecule has 1 atom stereocenters. The summed E-state index contributed by atoms with van der Waals surface area (Å²) in [4.78, 5) is 43.1. The lowest BCUT2D eigenvalue weighted by atomic mass is 10.2. The number of fused-ring (bicyclic) bond motifs is 1. The number of halogens is 1. The van der Waals surface area contributed by atoms with Crippen LogP contribution < -0.4 is 10.2 Å². The van der Waals surface area contributed by atoms with E-state index >= 15 is 0 Å². The Labute approximate surface area is 184 Å². The van der Waals surface area contributed by atoms with Gasteiger partial charge in [0.15, 0.2) is 5.25 Å². The SMILES string of the molecule is O=C(CN1C(=O)[C@H](C(=O)N2CCCCCC2)Sc2ccccc21)Nc1cccc(F)c1. The van der Waals surface area contributed by atoms with Gasteiger partial charge in [-0.25, -0.2) is 4.39 Å². The molecule has 1 saturated heterocycles. The van der Waals surface area contributed by atoms with Crippen molar-refractivity contribution < 1.29 is 18.8 Å². The van der Waals surface area contributed by atoms with Gasteiger partial charge >= 0.3 is 0 Å². The van der Waals surface area contributed by atoms with Crippen LogP contribution in [-0.2, 0) is 14.4 Å². The van der Waals surface area contributed by atoms with Crippen LogP contribution in [0.1, 0.15) is 25.7 Å². The van der Waals surface area contributed by atoms with Crippen molar-refractivity contribution in [2.24, 2.45) is 0 Å². The molecule has 2 aliphatic rings. The molecule has 0 spiro atoms. The first kappa shape index (κ1) is 21.4. The number of nitrogens with zero attached hydrogens (tertiary/aromatic N) is 2. The van der Waals surface area contributed by atoms with Crippen molar-refractivity contribution in [3.63, 3.8) is 0 Å². The van der Waals surface area contributed by atoms with E-state index in [4.69, 9.17) is 0 Å². The van der Waals surface area contributed by atoms with Crippen molar-refractivity contribution in [2.75, 3.05) is 29.9 Å². The summed E-state index contributed by atoms with van der Waals surface area (Å²) in [5, 5.41) is 1.71. The van der Waals surface area contributed by atoms with E-state index in [1.54, 1.807) is 23.1 Å². The van der Waals surface area contributed by atoms with Gasteiger partial charge in [-0.15, -0.1) is 11.8 Å². The maximum Gasteiger partial charge on any atom is 0.250 e. The van der Waals surface area contributed by atoms with Crippen LogP contribution in [0.3, 0.4) is 0 Å². The van der Waals surface area contributed by atoms with Crippen LogP contribution in [0.15, 0.2) is 53.4 Å². The highest BCUT2D eigenvalue weighted by molar-refractivity contribution is 8.01. The van der Waals surface area contributed by atoms with Gasteiger partial charge in [-0.1, -0.05) is 31.0 Å². The lowest BCUT2D eigenvalue weighted by molar-refractivity contribution is -0.135. The number of carbonyl (C=O) groups excluding carboxylic acids is 3. The molecule has 1 fully saturated rings. The molecule has 8 heteroatoms. The largest absolute Gasteiger partial charge is 0.341 e. The van der Waals surface area contributed by atoms with Crippen LogP contribution >= 0.6 is 11.8 Å². The lowest BCUT2D eigenvalue weighted by Crippen LogP contribution is -2.51. The van der Waals surface area contributed by atoms with Crippen molar-refractivity contribution in [1.29, 1.82) is 0 Å². The van der Waals surface area contributed by atoms with Crippen molar-refractivity contribution >= 4 is 40.9 Å². The van der Waals surface area contributed by atoms with Crippen LogP contribution in [0, 0.1) is 5.82 Å². The van der Waals surface area contributed by atoms with Crippen molar-refractivity contribution in [3.05, 3.63) is 54.3 Å². The number of para-hydroxylation sites is 1. The molecule has 2 aliphatic heterocycles. The summed E-state index contributed by atoms with van der Waals surface area (Å²) >= 11 is 1.25. The van der Waals surface area contributed by atoms with Crippen LogP contribution in [0.4, 0.5) is 15.8 Å². The van der Waals surface area contributed by atoms with Gasteiger partial charge in [0.1, 0.15) is 12.4 Å². The summed E-state index contributed by atoms with van der Waals surface area (Å²) in [6.07, 6.45) is 4.05. The average molecular weight is 442 g/mol. The Morgan fingerprint density at radius 1 is 1.03 bits per heavy atom. The highest BCUT2D eigenvalue weighted by Crippen LogP contribution is 2.39. The van der Waals surface area contributed by atoms with E-state index in [1.165, 1.54) is 34.9 Å². The zero-order valence-electron chi connectivity index (χ0n) is 17.1. The Bertz CT molecular complexity index is 992. The van der Waals surface area contributed by atoms with Gasteiger partial charge in [-0.05, 0) is 43.2 Å². The molecule has 2 heterocycles. The second-order valence-electron chi connectivity index (χ2n) is 7.69. The predicted molar refractivity (Wildman–Crippen MR) is 119 cm³/mol. The Morgan fingerprint density at radius 2 is 1.77 bits per heavy atom. The highest BCUT2D eigenvalue weighted by atomic mass is 32.2. The molecule has 162 valence electrons. The number of hydrogen-bond donors (Lipinski definition) is 1. The summed E-state index contributed by atoms with van der Waals surface area (Å²) in [5.41, 5.74) is 0.918. The van der Waals surface area contributed by atoms with Crippen LogP contribution in [0.5, 0.6) is 0 Å². The fraction of sp³-hybridized carbons (Fsp3) is 0.348. The summed E-state index contributed by atoms with van der Waals surface area (Å²) in [7, 11) is 0. The number of amides is 3. The van der Waals surface area contributed by atoms with Gasteiger partial charge < -0.3 is 15.1 Å². The molecule has 2 aromatic carbocycles. The minimum absolute atomic E-state index is 0.193. The fourth-order valence-electron chi connectivity index (χ4n) is 3.90. The quantitative estimate of drug-likeness (QED) is 0.735. The lowest BCUT2D eigenvalue weighted by Gasteiger charge is -2.34. The molecule has 6 nitrogen and oxygen atoms in total. The van der Waals surface area contributed by atoms with Crippen LogP contribution in [0.25, 0.3) is 0 Å². The smallest absolute Gasteiger partial charge is 0.250 e. The fourth-order valence-corrected chi connectivity index (χ4v) is 5.09. The second-order valence-corrected chi connectivity index (χ2v) is 8.83. The van der Waals surface area contributed by atoms with Crippen molar-refractivity contribution in [3.8, 4) is 0 Å². The number of rotatable bonds is 4. The highest BCUT2D eigenvalue weighted by Gasteiger charge is 2.40. The maximum absolute atomic E-state index is 13.4. The van der Waals surface area contributed by atoms with E-state index in [1.807, 2.05) is 12.1 Å². The number of benzene rings is 2. The van der Waals surface area contributed by atoms with Crippen molar-refractivity contribution in [2.45, 2.75) is 35.8 Å². The molecule has 0 radical (unpaired) electrons. The van der Waals surface area contributed by atoms with Crippen LogP contribution in [-0.4, -0.2) is 47.5 Å². The first-order chi connectivity index (χ1) is 15.0. The first-order valence-electron chi connectivity index (χ1n) is 10.4. The molecule has 0 aromatic heterocycles. The number of hydrogen-bond acceptors (Lipinski definition) is 4. The molecule has 0 unspecified atom stereocenters. The zero-order valence-corrected chi connectivity index (χ0v) is 17.9. The van der Waals surface area contributed by atoms with E-state index in [0.29, 0.717) is 24.5 Å². The zero-order chi connectivity index (χ0) is 21.8. The second kappa shape index (κ2) is 9.51. The molecule has 0 bridgehead atoms. The van der Waals surface area contributed by atoms with Gasteiger partial charge in [0.25, 0.3) is 5.91 Å². The van der Waals surface area contributed by atoms with E-state index in [9.17, 15) is 18.8 Å². The van der Waals surface area contributed by atoms with Crippen molar-refractivity contribution in [1.82, 2.24) is 4.90 Å². The summed E-state index contributed by atoms with van der Waals surface area (Å²) in [6.45, 7) is 1.06. The van der Waals surface area contributed by atoms with Gasteiger partial charge in [0.2, 0.25) is 11.8 Å². The van der Waals surface area contributed by atoms with E-state index in [-0.39, 0.29) is 12.5 Å². The van der Waals surface area contributed by atoms with Gasteiger partial charge in [0.05, 0.1) is 5.69 Å². The minimum Gasteiger partial charge on any atom is -0.341 e. The van der Waals surface area contributed by atoms with Crippen LogP contribution in [0.2, 0.25) is 0 Å².